The summed E-state index contributed by atoms with van der Waals surface area (Å²) in [5, 5.41) is 7.54. The Balaban J connectivity index is 1.82. The molecule has 24 heavy (non-hydrogen) atoms. The van der Waals surface area contributed by atoms with E-state index >= 15 is 0 Å². The van der Waals surface area contributed by atoms with Gasteiger partial charge in [-0.1, -0.05) is 17.7 Å². The predicted molar refractivity (Wildman–Crippen MR) is 97.3 cm³/mol. The fraction of sp³-hybridized carbons (Fsp3) is 0.444. The largest absolute Gasteiger partial charge is 0.489 e. The topological polar surface area (TPSA) is 54.7 Å². The van der Waals surface area contributed by atoms with Crippen LogP contribution in [0.5, 0.6) is 5.75 Å². The zero-order chi connectivity index (χ0) is 17.5. The predicted octanol–water partition coefficient (Wildman–Crippen LogP) is 2.20. The number of ether oxygens (including phenoxy) is 1. The summed E-state index contributed by atoms with van der Waals surface area (Å²) < 4.78 is 7.72. The van der Waals surface area contributed by atoms with Crippen LogP contribution >= 0.6 is 0 Å². The van der Waals surface area contributed by atoms with E-state index in [1.165, 1.54) is 5.56 Å². The van der Waals surface area contributed by atoms with Crippen LogP contribution in [0.1, 0.15) is 18.1 Å². The van der Waals surface area contributed by atoms with Gasteiger partial charge >= 0.3 is 0 Å². The summed E-state index contributed by atoms with van der Waals surface area (Å²) in [5.41, 5.74) is 2.37. The van der Waals surface area contributed by atoms with Gasteiger partial charge < -0.3 is 15.0 Å². The Labute approximate surface area is 144 Å². The van der Waals surface area contributed by atoms with Crippen molar-refractivity contribution in [1.82, 2.24) is 20.0 Å². The van der Waals surface area contributed by atoms with Gasteiger partial charge in [0, 0.05) is 39.4 Å². The third-order valence-corrected chi connectivity index (χ3v) is 3.66. The maximum atomic E-state index is 5.92. The Kier molecular flexibility index (Phi) is 6.23. The molecule has 1 atom stereocenters. The number of hydrogen-bond acceptors (Lipinski definition) is 3. The van der Waals surface area contributed by atoms with Gasteiger partial charge in [0.1, 0.15) is 11.9 Å². The lowest BCUT2D eigenvalue weighted by atomic mass is 10.2. The van der Waals surface area contributed by atoms with Crippen LogP contribution in [-0.4, -0.2) is 47.4 Å². The van der Waals surface area contributed by atoms with E-state index < -0.39 is 0 Å². The lowest BCUT2D eigenvalue weighted by Crippen LogP contribution is -2.42. The normalized spacial score (nSPS) is 12.8. The standard InChI is InChI=1S/C18H27N5O/c1-14-6-8-17(9-7-14)24-15(2)10-20-18(19-3)22(4)12-16-11-21-23(5)13-16/h6-9,11,13,15H,10,12H2,1-5H3,(H,19,20). The number of aliphatic imine (C=N–C) groups is 1. The first-order valence-electron chi connectivity index (χ1n) is 8.10. The van der Waals surface area contributed by atoms with Gasteiger partial charge in [0.25, 0.3) is 0 Å². The highest BCUT2D eigenvalue weighted by Gasteiger charge is 2.10. The number of nitrogens with one attached hydrogen (secondary N) is 1. The summed E-state index contributed by atoms with van der Waals surface area (Å²) in [6, 6.07) is 8.09. The van der Waals surface area contributed by atoms with Crippen LogP contribution in [0.15, 0.2) is 41.7 Å². The van der Waals surface area contributed by atoms with Gasteiger partial charge in [-0.15, -0.1) is 0 Å². The number of guanidine groups is 1. The molecule has 2 rings (SSSR count). The van der Waals surface area contributed by atoms with Crippen molar-refractivity contribution in [3.8, 4) is 5.75 Å². The number of aromatic nitrogens is 2. The Morgan fingerprint density at radius 3 is 2.67 bits per heavy atom. The van der Waals surface area contributed by atoms with Crippen LogP contribution in [0.25, 0.3) is 0 Å². The molecule has 6 heteroatoms. The van der Waals surface area contributed by atoms with Crippen molar-refractivity contribution in [1.29, 1.82) is 0 Å². The minimum atomic E-state index is 0.0382. The zero-order valence-electron chi connectivity index (χ0n) is 15.2. The van der Waals surface area contributed by atoms with E-state index in [1.54, 1.807) is 11.7 Å². The van der Waals surface area contributed by atoms with Gasteiger partial charge in [0.2, 0.25) is 0 Å². The van der Waals surface area contributed by atoms with Crippen LogP contribution < -0.4 is 10.1 Å². The van der Waals surface area contributed by atoms with Crippen LogP contribution in [0.3, 0.4) is 0 Å². The maximum absolute atomic E-state index is 5.92. The number of hydrogen-bond donors (Lipinski definition) is 1. The van der Waals surface area contributed by atoms with Crippen LogP contribution in [0, 0.1) is 6.92 Å². The summed E-state index contributed by atoms with van der Waals surface area (Å²) in [4.78, 5) is 6.40. The van der Waals surface area contributed by atoms with E-state index in [9.17, 15) is 0 Å². The monoisotopic (exact) mass is 329 g/mol. The number of nitrogens with zero attached hydrogens (tertiary/aromatic N) is 4. The van der Waals surface area contributed by atoms with Crippen molar-refractivity contribution in [2.24, 2.45) is 12.0 Å². The third-order valence-electron chi connectivity index (χ3n) is 3.66. The van der Waals surface area contributed by atoms with E-state index in [4.69, 9.17) is 4.74 Å². The molecule has 0 aliphatic heterocycles. The Bertz CT molecular complexity index is 662. The van der Waals surface area contributed by atoms with E-state index in [-0.39, 0.29) is 6.10 Å². The van der Waals surface area contributed by atoms with Crippen molar-refractivity contribution in [2.75, 3.05) is 20.6 Å². The molecule has 0 saturated heterocycles. The highest BCUT2D eigenvalue weighted by molar-refractivity contribution is 5.79. The van der Waals surface area contributed by atoms with Crippen LogP contribution in [0.4, 0.5) is 0 Å². The SMILES string of the molecule is CN=C(NCC(C)Oc1ccc(C)cc1)N(C)Cc1cnn(C)c1. The van der Waals surface area contributed by atoms with E-state index in [1.807, 2.05) is 45.5 Å². The first-order valence-corrected chi connectivity index (χ1v) is 8.10. The maximum Gasteiger partial charge on any atom is 0.193 e. The molecule has 6 nitrogen and oxygen atoms in total. The molecule has 1 aromatic carbocycles. The average Bonchev–Trinajstić information content (AvgIpc) is 2.95. The van der Waals surface area contributed by atoms with Crippen LogP contribution in [-0.2, 0) is 13.6 Å². The van der Waals surface area contributed by atoms with Crippen molar-refractivity contribution in [3.05, 3.63) is 47.8 Å². The first-order chi connectivity index (χ1) is 11.5. The van der Waals surface area contributed by atoms with Gasteiger partial charge in [-0.05, 0) is 26.0 Å². The molecular formula is C18H27N5O. The molecular weight excluding hydrogens is 302 g/mol. The molecule has 0 aliphatic rings. The molecule has 0 amide bonds. The molecule has 1 unspecified atom stereocenters. The molecule has 1 aromatic heterocycles. The van der Waals surface area contributed by atoms with Crippen LogP contribution in [0.2, 0.25) is 0 Å². The molecule has 0 fully saturated rings. The van der Waals surface area contributed by atoms with E-state index in [0.29, 0.717) is 6.54 Å². The Morgan fingerprint density at radius 2 is 2.08 bits per heavy atom. The minimum absolute atomic E-state index is 0.0382. The quantitative estimate of drug-likeness (QED) is 0.652. The smallest absolute Gasteiger partial charge is 0.193 e. The average molecular weight is 329 g/mol. The second-order valence-corrected chi connectivity index (χ2v) is 6.05. The Hall–Kier alpha value is -2.50. The molecule has 0 saturated carbocycles. The number of rotatable bonds is 6. The number of benzene rings is 1. The van der Waals surface area contributed by atoms with E-state index in [0.717, 1.165) is 23.8 Å². The summed E-state index contributed by atoms with van der Waals surface area (Å²) in [6.45, 7) is 5.54. The molecule has 1 heterocycles. The molecule has 0 bridgehead atoms. The van der Waals surface area contributed by atoms with Gasteiger partial charge in [-0.2, -0.15) is 5.10 Å². The molecule has 1 N–H and O–H groups in total. The minimum Gasteiger partial charge on any atom is -0.489 e. The van der Waals surface area contributed by atoms with Crippen molar-refractivity contribution in [2.45, 2.75) is 26.5 Å². The highest BCUT2D eigenvalue weighted by Crippen LogP contribution is 2.13. The summed E-state index contributed by atoms with van der Waals surface area (Å²) in [5.74, 6) is 1.71. The van der Waals surface area contributed by atoms with Gasteiger partial charge in [-0.3, -0.25) is 9.67 Å². The summed E-state index contributed by atoms with van der Waals surface area (Å²) >= 11 is 0. The van der Waals surface area contributed by atoms with Crippen molar-refractivity contribution >= 4 is 5.96 Å². The lowest BCUT2D eigenvalue weighted by molar-refractivity contribution is 0.222. The fourth-order valence-corrected chi connectivity index (χ4v) is 2.41. The molecule has 0 radical (unpaired) electrons. The molecule has 0 spiro atoms. The van der Waals surface area contributed by atoms with Gasteiger partial charge in [-0.25, -0.2) is 0 Å². The highest BCUT2D eigenvalue weighted by atomic mass is 16.5. The molecule has 2 aromatic rings. The lowest BCUT2D eigenvalue weighted by Gasteiger charge is -2.23. The zero-order valence-corrected chi connectivity index (χ0v) is 15.2. The second kappa shape index (κ2) is 8.38. The summed E-state index contributed by atoms with van der Waals surface area (Å²) in [7, 11) is 5.71. The molecule has 130 valence electrons. The third kappa shape index (κ3) is 5.30. The first kappa shape index (κ1) is 17.8. The summed E-state index contributed by atoms with van der Waals surface area (Å²) in [6.07, 6.45) is 3.91. The second-order valence-electron chi connectivity index (χ2n) is 6.05. The number of aryl methyl sites for hydroxylation is 2. The van der Waals surface area contributed by atoms with Crippen molar-refractivity contribution in [3.63, 3.8) is 0 Å². The fourth-order valence-electron chi connectivity index (χ4n) is 2.41. The Morgan fingerprint density at radius 1 is 1.38 bits per heavy atom. The van der Waals surface area contributed by atoms with E-state index in [2.05, 4.69) is 39.4 Å². The van der Waals surface area contributed by atoms with Crippen molar-refractivity contribution < 1.29 is 4.74 Å². The van der Waals surface area contributed by atoms with Gasteiger partial charge in [0.05, 0.1) is 12.7 Å². The van der Waals surface area contributed by atoms with Gasteiger partial charge in [0.15, 0.2) is 5.96 Å². The molecule has 0 aliphatic carbocycles.